The summed E-state index contributed by atoms with van der Waals surface area (Å²) < 4.78 is 0. The van der Waals surface area contributed by atoms with Crippen LogP contribution in [0.3, 0.4) is 0 Å². The molecule has 2 aromatic rings. The Hall–Kier alpha value is -2.20. The molecule has 28 heavy (non-hydrogen) atoms. The number of carbonyl (C=O) groups excluding carboxylic acids is 3. The Kier molecular flexibility index (Phi) is 5.00. The number of nitrogens with zero attached hydrogens (tertiary/aromatic N) is 3. The van der Waals surface area contributed by atoms with Crippen molar-refractivity contribution in [2.24, 2.45) is 0 Å². The zero-order chi connectivity index (χ0) is 19.9. The summed E-state index contributed by atoms with van der Waals surface area (Å²) in [5.41, 5.74) is 2.72. The second-order valence-electron chi connectivity index (χ2n) is 7.18. The average molecular weight is 420 g/mol. The molecule has 2 aliphatic rings. The van der Waals surface area contributed by atoms with Gasteiger partial charge in [-0.3, -0.25) is 15.0 Å². The van der Waals surface area contributed by atoms with Gasteiger partial charge >= 0.3 is 6.03 Å². The van der Waals surface area contributed by atoms with Crippen molar-refractivity contribution in [1.82, 2.24) is 25.7 Å². The highest BCUT2D eigenvalue weighted by Crippen LogP contribution is 2.35. The fourth-order valence-electron chi connectivity index (χ4n) is 3.77. The number of thioether (sulfide) groups is 1. The van der Waals surface area contributed by atoms with Crippen LogP contribution < -0.4 is 10.7 Å². The molecule has 2 N–H and O–H groups in total. The highest BCUT2D eigenvalue weighted by Gasteiger charge is 2.52. The summed E-state index contributed by atoms with van der Waals surface area (Å²) in [5, 5.41) is 5.30. The molecular formula is C18H21N5O3S2. The molecule has 8 nitrogen and oxygen atoms in total. The van der Waals surface area contributed by atoms with Crippen molar-refractivity contribution in [1.29, 1.82) is 0 Å². The third-order valence-electron chi connectivity index (χ3n) is 5.38. The minimum absolute atomic E-state index is 0.0461. The minimum Gasteiger partial charge on any atom is -0.322 e. The fourth-order valence-corrected chi connectivity index (χ4v) is 5.68. The molecule has 0 aromatic carbocycles. The Labute approximate surface area is 170 Å². The van der Waals surface area contributed by atoms with Crippen LogP contribution in [0.25, 0.3) is 10.2 Å². The standard InChI is InChI=1S/C18H21N5O3S2/c1-10-11(2)28-15-13(10)14(19-9-20-15)27-8-12(24)22-23-16(25)18(21-17(23)26)6-4-3-5-7-18/h9H,3-8H2,1-2H3,(H,21,26)(H,22,24). The number of hydrazine groups is 1. The van der Waals surface area contributed by atoms with E-state index in [0.717, 1.165) is 45.1 Å². The van der Waals surface area contributed by atoms with E-state index in [1.54, 1.807) is 11.3 Å². The van der Waals surface area contributed by atoms with E-state index in [9.17, 15) is 14.4 Å². The molecule has 1 saturated carbocycles. The second kappa shape index (κ2) is 7.32. The first-order chi connectivity index (χ1) is 13.4. The molecule has 2 fully saturated rings. The van der Waals surface area contributed by atoms with Crippen LogP contribution in [-0.4, -0.2) is 44.1 Å². The highest BCUT2D eigenvalue weighted by atomic mass is 32.2. The summed E-state index contributed by atoms with van der Waals surface area (Å²) in [7, 11) is 0. The molecule has 1 aliphatic heterocycles. The van der Waals surface area contributed by atoms with Gasteiger partial charge in [0.25, 0.3) is 5.91 Å². The topological polar surface area (TPSA) is 104 Å². The van der Waals surface area contributed by atoms with Crippen LogP contribution in [-0.2, 0) is 9.59 Å². The molecule has 0 unspecified atom stereocenters. The molecule has 4 amide bonds. The summed E-state index contributed by atoms with van der Waals surface area (Å²) in [6.45, 7) is 4.04. The SMILES string of the molecule is Cc1sc2ncnc(SCC(=O)NN3C(=O)NC4(CCCCC4)C3=O)c2c1C. The summed E-state index contributed by atoms with van der Waals surface area (Å²) in [6, 6.07) is -0.556. The zero-order valence-electron chi connectivity index (χ0n) is 15.7. The predicted molar refractivity (Wildman–Crippen MR) is 107 cm³/mol. The monoisotopic (exact) mass is 419 g/mol. The van der Waals surface area contributed by atoms with E-state index in [1.165, 1.54) is 23.0 Å². The smallest absolute Gasteiger partial charge is 0.322 e. The van der Waals surface area contributed by atoms with Crippen molar-refractivity contribution in [3.05, 3.63) is 16.8 Å². The number of fused-ring (bicyclic) bond motifs is 1. The first-order valence-electron chi connectivity index (χ1n) is 9.21. The van der Waals surface area contributed by atoms with Gasteiger partial charge in [0.05, 0.1) is 5.75 Å². The number of urea groups is 1. The largest absolute Gasteiger partial charge is 0.344 e. The lowest BCUT2D eigenvalue weighted by Gasteiger charge is -2.30. The van der Waals surface area contributed by atoms with Crippen LogP contribution in [0.15, 0.2) is 11.4 Å². The Balaban J connectivity index is 1.43. The van der Waals surface area contributed by atoms with E-state index in [4.69, 9.17) is 0 Å². The molecule has 0 radical (unpaired) electrons. The van der Waals surface area contributed by atoms with Crippen molar-refractivity contribution in [2.45, 2.75) is 56.5 Å². The molecule has 1 aliphatic carbocycles. The van der Waals surface area contributed by atoms with E-state index in [2.05, 4.69) is 20.7 Å². The van der Waals surface area contributed by atoms with E-state index in [-0.39, 0.29) is 11.7 Å². The number of carbonyl (C=O) groups is 3. The first-order valence-corrected chi connectivity index (χ1v) is 11.0. The summed E-state index contributed by atoms with van der Waals surface area (Å²) in [6.07, 6.45) is 5.58. The molecule has 0 atom stereocenters. The molecule has 4 rings (SSSR count). The van der Waals surface area contributed by atoms with Gasteiger partial charge in [0.15, 0.2) is 0 Å². The van der Waals surface area contributed by atoms with E-state index in [1.807, 2.05) is 13.8 Å². The number of hydrogen-bond donors (Lipinski definition) is 2. The van der Waals surface area contributed by atoms with Gasteiger partial charge in [-0.15, -0.1) is 11.3 Å². The number of imide groups is 1. The van der Waals surface area contributed by atoms with Crippen molar-refractivity contribution >= 4 is 51.2 Å². The first kappa shape index (κ1) is 19.1. The lowest BCUT2D eigenvalue weighted by molar-refractivity contribution is -0.139. The minimum atomic E-state index is -0.847. The molecule has 0 bridgehead atoms. The van der Waals surface area contributed by atoms with Crippen molar-refractivity contribution < 1.29 is 14.4 Å². The zero-order valence-corrected chi connectivity index (χ0v) is 17.3. The average Bonchev–Trinajstić information content (AvgIpc) is 3.09. The van der Waals surface area contributed by atoms with E-state index >= 15 is 0 Å². The second-order valence-corrected chi connectivity index (χ2v) is 9.35. The fraction of sp³-hybridized carbons (Fsp3) is 0.500. The van der Waals surface area contributed by atoms with Crippen LogP contribution in [0.2, 0.25) is 0 Å². The van der Waals surface area contributed by atoms with Crippen LogP contribution in [0.5, 0.6) is 0 Å². The maximum Gasteiger partial charge on any atom is 0.344 e. The Morgan fingerprint density at radius 3 is 2.79 bits per heavy atom. The van der Waals surface area contributed by atoms with Crippen molar-refractivity contribution in [3.63, 3.8) is 0 Å². The maximum absolute atomic E-state index is 12.7. The number of amides is 4. The lowest BCUT2D eigenvalue weighted by Crippen LogP contribution is -2.51. The molecule has 2 aromatic heterocycles. The number of aryl methyl sites for hydroxylation is 2. The number of nitrogens with one attached hydrogen (secondary N) is 2. The highest BCUT2D eigenvalue weighted by molar-refractivity contribution is 8.00. The molecule has 148 valence electrons. The molecular weight excluding hydrogens is 398 g/mol. The maximum atomic E-state index is 12.7. The van der Waals surface area contributed by atoms with E-state index in [0.29, 0.717) is 12.8 Å². The number of rotatable bonds is 4. The molecule has 3 heterocycles. The Morgan fingerprint density at radius 2 is 2.04 bits per heavy atom. The van der Waals surface area contributed by atoms with Crippen LogP contribution in [0.1, 0.15) is 42.5 Å². The normalized spacial score (nSPS) is 18.7. The predicted octanol–water partition coefficient (Wildman–Crippen LogP) is 2.69. The number of aromatic nitrogens is 2. The van der Waals surface area contributed by atoms with Gasteiger partial charge < -0.3 is 5.32 Å². The van der Waals surface area contributed by atoms with Gasteiger partial charge in [-0.2, -0.15) is 5.01 Å². The van der Waals surface area contributed by atoms with Crippen LogP contribution >= 0.6 is 23.1 Å². The van der Waals surface area contributed by atoms with Gasteiger partial charge in [-0.05, 0) is 32.3 Å². The van der Waals surface area contributed by atoms with Crippen molar-refractivity contribution in [3.8, 4) is 0 Å². The quantitative estimate of drug-likeness (QED) is 0.449. The summed E-state index contributed by atoms with van der Waals surface area (Å²) >= 11 is 2.87. The number of hydrogen-bond acceptors (Lipinski definition) is 7. The molecule has 10 heteroatoms. The van der Waals surface area contributed by atoms with Crippen molar-refractivity contribution in [2.75, 3.05) is 5.75 Å². The molecule has 1 saturated heterocycles. The van der Waals surface area contributed by atoms with Gasteiger partial charge in [-0.25, -0.2) is 14.8 Å². The third-order valence-corrected chi connectivity index (χ3v) is 7.48. The summed E-state index contributed by atoms with van der Waals surface area (Å²) in [5.74, 6) is -0.730. The molecule has 1 spiro atoms. The Morgan fingerprint density at radius 1 is 1.29 bits per heavy atom. The van der Waals surface area contributed by atoms with Gasteiger partial charge in [0.1, 0.15) is 21.7 Å². The summed E-state index contributed by atoms with van der Waals surface area (Å²) in [4.78, 5) is 48.0. The van der Waals surface area contributed by atoms with Crippen LogP contribution in [0, 0.1) is 13.8 Å². The van der Waals surface area contributed by atoms with Gasteiger partial charge in [-0.1, -0.05) is 31.0 Å². The van der Waals surface area contributed by atoms with Gasteiger partial charge in [0.2, 0.25) is 5.91 Å². The lowest BCUT2D eigenvalue weighted by atomic mass is 9.82. The number of thiophene rings is 1. The Bertz CT molecular complexity index is 968. The van der Waals surface area contributed by atoms with Gasteiger partial charge in [0, 0.05) is 10.3 Å². The third kappa shape index (κ3) is 3.24. The van der Waals surface area contributed by atoms with E-state index < -0.39 is 17.5 Å². The van der Waals surface area contributed by atoms with Crippen LogP contribution in [0.4, 0.5) is 4.79 Å².